The summed E-state index contributed by atoms with van der Waals surface area (Å²) in [5, 5.41) is 0. The van der Waals surface area contributed by atoms with Crippen LogP contribution in [0, 0.1) is 76.4 Å². The molecule has 4 saturated carbocycles. The zero-order chi connectivity index (χ0) is 49.4. The molecule has 416 valence electrons. The van der Waals surface area contributed by atoms with Gasteiger partial charge in [0.2, 0.25) is 0 Å². The smallest absolute Gasteiger partial charge is 0.0297 e. The Hall–Kier alpha value is 0. The summed E-state index contributed by atoms with van der Waals surface area (Å²) in [6.45, 7) is 20.1. The van der Waals surface area contributed by atoms with Crippen LogP contribution in [0.4, 0.5) is 0 Å². The summed E-state index contributed by atoms with van der Waals surface area (Å²) in [5.74, 6) is 11.9. The molecule has 4 rings (SSSR count). The van der Waals surface area contributed by atoms with Crippen molar-refractivity contribution in [3.05, 3.63) is 0 Å². The van der Waals surface area contributed by atoms with E-state index in [0.29, 0.717) is 5.41 Å². The molecule has 0 N–H and O–H groups in total. The lowest BCUT2D eigenvalue weighted by Crippen LogP contribution is -2.22. The van der Waals surface area contributed by atoms with Gasteiger partial charge in [-0.2, -0.15) is 0 Å². The first-order valence-electron chi connectivity index (χ1n) is 33.6. The van der Waals surface area contributed by atoms with E-state index in [1.54, 1.807) is 25.7 Å². The molecule has 0 aromatic heterocycles. The van der Waals surface area contributed by atoms with Crippen LogP contribution in [-0.4, -0.2) is 0 Å². The van der Waals surface area contributed by atoms with Crippen molar-refractivity contribution in [2.45, 2.75) is 371 Å². The monoisotopic (exact) mass is 977 g/mol. The van der Waals surface area contributed by atoms with Crippen LogP contribution in [0.3, 0.4) is 0 Å². The van der Waals surface area contributed by atoms with E-state index >= 15 is 0 Å². The molecule has 0 saturated heterocycles. The van der Waals surface area contributed by atoms with Crippen molar-refractivity contribution in [2.24, 2.45) is 76.4 Å². The van der Waals surface area contributed by atoms with Crippen molar-refractivity contribution in [1.82, 2.24) is 0 Å². The highest BCUT2D eigenvalue weighted by Gasteiger charge is 2.30. The molecule has 0 amide bonds. The van der Waals surface area contributed by atoms with E-state index in [-0.39, 0.29) is 7.43 Å². The van der Waals surface area contributed by atoms with Crippen molar-refractivity contribution in [1.29, 1.82) is 0 Å². The predicted octanol–water partition coefficient (Wildman–Crippen LogP) is 24.9. The highest BCUT2D eigenvalue weighted by atomic mass is 14.4. The molecule has 0 nitrogen and oxygen atoms in total. The van der Waals surface area contributed by atoms with Crippen molar-refractivity contribution < 1.29 is 0 Å². The molecule has 12 atom stereocenters. The van der Waals surface area contributed by atoms with Crippen LogP contribution in [0.25, 0.3) is 0 Å². The molecular weight excluding hydrogens is 841 g/mol. The summed E-state index contributed by atoms with van der Waals surface area (Å²) in [6, 6.07) is 0. The van der Waals surface area contributed by atoms with Gasteiger partial charge >= 0.3 is 0 Å². The number of unbranched alkanes of at least 4 members (excludes halogenated alkanes) is 22. The van der Waals surface area contributed by atoms with E-state index in [2.05, 4.69) is 55.4 Å². The third-order valence-electron chi connectivity index (χ3n) is 22.1. The molecular formula is C70H136. The lowest BCUT2D eigenvalue weighted by molar-refractivity contribution is 0.171. The molecule has 0 radical (unpaired) electrons. The van der Waals surface area contributed by atoms with Crippen LogP contribution < -0.4 is 0 Å². The maximum Gasteiger partial charge on any atom is -0.0297 e. The minimum absolute atomic E-state index is 0. The summed E-state index contributed by atoms with van der Waals surface area (Å²) in [5.41, 5.74) is 0.643. The molecule has 4 aliphatic carbocycles. The van der Waals surface area contributed by atoms with E-state index in [1.165, 1.54) is 283 Å². The van der Waals surface area contributed by atoms with Gasteiger partial charge in [-0.05, 0) is 128 Å². The maximum atomic E-state index is 2.55. The molecule has 0 aromatic rings. The summed E-state index contributed by atoms with van der Waals surface area (Å²) in [7, 11) is 0. The second-order valence-corrected chi connectivity index (χ2v) is 27.9. The second-order valence-electron chi connectivity index (χ2n) is 27.9. The minimum Gasteiger partial charge on any atom is -0.0776 e. The topological polar surface area (TPSA) is 0 Å². The van der Waals surface area contributed by atoms with Gasteiger partial charge in [0, 0.05) is 0 Å². The largest absolute Gasteiger partial charge is 0.0776 e. The van der Waals surface area contributed by atoms with E-state index in [0.717, 1.165) is 71.0 Å². The van der Waals surface area contributed by atoms with Crippen LogP contribution in [0.5, 0.6) is 0 Å². The molecule has 4 fully saturated rings. The second kappa shape index (κ2) is 39.4. The van der Waals surface area contributed by atoms with Crippen molar-refractivity contribution in [3.63, 3.8) is 0 Å². The van der Waals surface area contributed by atoms with Crippen LogP contribution in [-0.2, 0) is 0 Å². The van der Waals surface area contributed by atoms with Gasteiger partial charge in [0.05, 0.1) is 0 Å². The predicted molar refractivity (Wildman–Crippen MR) is 318 cm³/mol. The van der Waals surface area contributed by atoms with Gasteiger partial charge in [-0.15, -0.1) is 0 Å². The standard InChI is InChI=1S/C69H132.CH4/c1-9-68-56-67(48-45-60(68)5)41-31-22-15-12-18-26-34-51-69(52-35-27-19-23-28-38-64-42-36-37-57(2)61(6)53-64,49-32-24-16-10-13-20-29-39-65-46-43-58(3)62(7)54-65)50-33-25-17-11-14-21-30-40-66-47-44-59(4)63(8)55-66;/h57-68H,9-56H2,1-8H3;1H4. The van der Waals surface area contributed by atoms with Crippen molar-refractivity contribution in [3.8, 4) is 0 Å². The fraction of sp³-hybridized carbons (Fsp3) is 1.00. The first-order valence-corrected chi connectivity index (χ1v) is 33.6. The summed E-state index contributed by atoms with van der Waals surface area (Å²) in [6.07, 6.45) is 72.6. The van der Waals surface area contributed by atoms with Gasteiger partial charge in [-0.25, -0.2) is 0 Å². The Morgan fingerprint density at radius 1 is 0.271 bits per heavy atom. The Morgan fingerprint density at radius 3 is 0.871 bits per heavy atom. The van der Waals surface area contributed by atoms with E-state index in [4.69, 9.17) is 0 Å². The zero-order valence-electron chi connectivity index (χ0n) is 49.4. The van der Waals surface area contributed by atoms with Crippen LogP contribution in [0.1, 0.15) is 371 Å². The average Bonchev–Trinajstić information content (AvgIpc) is 3.50. The quantitative estimate of drug-likeness (QED) is 0.0425. The summed E-state index contributed by atoms with van der Waals surface area (Å²) < 4.78 is 0. The molecule has 0 spiro atoms. The van der Waals surface area contributed by atoms with Gasteiger partial charge in [0.1, 0.15) is 0 Å². The number of rotatable bonds is 39. The lowest BCUT2D eigenvalue weighted by atomic mass is 9.70. The lowest BCUT2D eigenvalue weighted by Gasteiger charge is -2.35. The Bertz CT molecular complexity index is 1120. The highest BCUT2D eigenvalue weighted by molar-refractivity contribution is 4.82. The van der Waals surface area contributed by atoms with E-state index in [9.17, 15) is 0 Å². The molecule has 0 aromatic carbocycles. The Balaban J connectivity index is 0.0000130. The first kappa shape index (κ1) is 64.3. The van der Waals surface area contributed by atoms with Gasteiger partial charge in [-0.1, -0.05) is 320 Å². The summed E-state index contributed by atoms with van der Waals surface area (Å²) >= 11 is 0. The molecule has 0 heteroatoms. The van der Waals surface area contributed by atoms with Crippen LogP contribution in [0.2, 0.25) is 0 Å². The molecule has 0 heterocycles. The van der Waals surface area contributed by atoms with Crippen LogP contribution in [0.15, 0.2) is 0 Å². The SMILES string of the molecule is C.CCC1CC(CCCCCCCCCC(CCCCCCCCCC2CCC(C)C(C)C2)(CCCCCCCCCC2CCC(C)C(C)C2)CCCCCCCC2CCCC(C)C(C)C2)CCC1C. The molecule has 12 unspecified atom stereocenters. The molecule has 0 aliphatic heterocycles. The first-order chi connectivity index (χ1) is 33.6. The third kappa shape index (κ3) is 27.7. The molecule has 0 bridgehead atoms. The van der Waals surface area contributed by atoms with E-state index in [1.807, 2.05) is 0 Å². The zero-order valence-corrected chi connectivity index (χ0v) is 49.4. The Morgan fingerprint density at radius 2 is 0.543 bits per heavy atom. The minimum atomic E-state index is 0. The van der Waals surface area contributed by atoms with Crippen molar-refractivity contribution >= 4 is 0 Å². The van der Waals surface area contributed by atoms with Gasteiger partial charge in [-0.3, -0.25) is 0 Å². The van der Waals surface area contributed by atoms with Gasteiger partial charge in [0.25, 0.3) is 0 Å². The van der Waals surface area contributed by atoms with Crippen molar-refractivity contribution in [2.75, 3.05) is 0 Å². The maximum absolute atomic E-state index is 2.55. The number of hydrogen-bond donors (Lipinski definition) is 0. The Kier molecular flexibility index (Phi) is 36.2. The van der Waals surface area contributed by atoms with Gasteiger partial charge in [0.15, 0.2) is 0 Å². The number of hydrogen-bond acceptors (Lipinski definition) is 0. The van der Waals surface area contributed by atoms with E-state index < -0.39 is 0 Å². The highest BCUT2D eigenvalue weighted by Crippen LogP contribution is 2.44. The van der Waals surface area contributed by atoms with Gasteiger partial charge < -0.3 is 0 Å². The van der Waals surface area contributed by atoms with Crippen LogP contribution >= 0.6 is 0 Å². The molecule has 4 aliphatic rings. The fourth-order valence-electron chi connectivity index (χ4n) is 16.0. The molecule has 70 heavy (non-hydrogen) atoms. The normalized spacial score (nSPS) is 30.7. The Labute approximate surface area is 445 Å². The fourth-order valence-corrected chi connectivity index (χ4v) is 16.0. The summed E-state index contributed by atoms with van der Waals surface area (Å²) in [4.78, 5) is 0. The third-order valence-corrected chi connectivity index (χ3v) is 22.1. The average molecular weight is 978 g/mol.